The van der Waals surface area contributed by atoms with Gasteiger partial charge in [-0.1, -0.05) is 19.1 Å². The van der Waals surface area contributed by atoms with E-state index >= 15 is 0 Å². The molecule has 0 aliphatic carbocycles. The lowest BCUT2D eigenvalue weighted by atomic mass is 10.1. The van der Waals surface area contributed by atoms with Crippen LogP contribution in [-0.4, -0.2) is 29.5 Å². The molecule has 0 fully saturated rings. The predicted molar refractivity (Wildman–Crippen MR) is 96.1 cm³/mol. The molecule has 0 atom stereocenters. The molecule has 26 heavy (non-hydrogen) atoms. The van der Waals surface area contributed by atoms with Crippen molar-refractivity contribution >= 4 is 11.8 Å². The van der Waals surface area contributed by atoms with Gasteiger partial charge in [-0.15, -0.1) is 0 Å². The highest BCUT2D eigenvalue weighted by Crippen LogP contribution is 2.17. The van der Waals surface area contributed by atoms with Gasteiger partial charge >= 0.3 is 5.97 Å². The first-order valence-corrected chi connectivity index (χ1v) is 8.45. The first kappa shape index (κ1) is 19.3. The number of ketones is 1. The van der Waals surface area contributed by atoms with E-state index in [0.717, 1.165) is 24.4 Å². The Balaban J connectivity index is 1.90. The van der Waals surface area contributed by atoms with Crippen LogP contribution >= 0.6 is 0 Å². The average Bonchev–Trinajstić information content (AvgIpc) is 2.93. The molecule has 0 saturated heterocycles. The average molecular weight is 354 g/mol. The number of Topliss-reactive ketones (excluding diaryl/α,β-unsaturated/α-hetero) is 1. The molecule has 2 aromatic rings. The van der Waals surface area contributed by atoms with Gasteiger partial charge in [0.2, 0.25) is 5.78 Å². The van der Waals surface area contributed by atoms with Gasteiger partial charge in [-0.3, -0.25) is 4.79 Å². The van der Waals surface area contributed by atoms with Crippen molar-refractivity contribution in [3.63, 3.8) is 0 Å². The van der Waals surface area contributed by atoms with Gasteiger partial charge in [0.1, 0.15) is 11.8 Å². The molecule has 0 radical (unpaired) electrons. The maximum absolute atomic E-state index is 12.3. The number of hydrogen-bond donors (Lipinski definition) is 0. The molecular formula is C20H22N2O4. The summed E-state index contributed by atoms with van der Waals surface area (Å²) in [6.45, 7) is 6.06. The number of benzene rings is 1. The maximum atomic E-state index is 12.3. The second kappa shape index (κ2) is 8.86. The molecule has 0 aliphatic heterocycles. The van der Waals surface area contributed by atoms with E-state index in [2.05, 4.69) is 11.5 Å². The molecule has 1 aromatic heterocycles. The summed E-state index contributed by atoms with van der Waals surface area (Å²) in [7, 11) is 0. The third-order valence-corrected chi connectivity index (χ3v) is 4.04. The number of aromatic nitrogens is 1. The van der Waals surface area contributed by atoms with Crippen LogP contribution in [0.3, 0.4) is 0 Å². The molecule has 2 rings (SSSR count). The van der Waals surface area contributed by atoms with Crippen LogP contribution in [0.4, 0.5) is 0 Å². The minimum absolute atomic E-state index is 0.244. The third kappa shape index (κ3) is 4.51. The maximum Gasteiger partial charge on any atom is 0.344 e. The molecule has 6 heteroatoms. The summed E-state index contributed by atoms with van der Waals surface area (Å²) in [5, 5.41) is 8.98. The van der Waals surface area contributed by atoms with Gasteiger partial charge in [0.25, 0.3) is 0 Å². The number of esters is 1. The van der Waals surface area contributed by atoms with Crippen LogP contribution in [0.15, 0.2) is 30.3 Å². The lowest BCUT2D eigenvalue weighted by Gasteiger charge is -2.09. The van der Waals surface area contributed by atoms with Crippen molar-refractivity contribution in [2.45, 2.75) is 33.7 Å². The largest absolute Gasteiger partial charge is 0.481 e. The highest BCUT2D eigenvalue weighted by Gasteiger charge is 2.17. The van der Waals surface area contributed by atoms with Gasteiger partial charge in [-0.2, -0.15) is 5.26 Å². The van der Waals surface area contributed by atoms with Crippen LogP contribution in [0.2, 0.25) is 0 Å². The van der Waals surface area contributed by atoms with Crippen LogP contribution < -0.4 is 4.74 Å². The van der Waals surface area contributed by atoms with Gasteiger partial charge in [0.05, 0.1) is 5.56 Å². The summed E-state index contributed by atoms with van der Waals surface area (Å²) in [5.74, 6) is -0.596. The Labute approximate surface area is 152 Å². The van der Waals surface area contributed by atoms with E-state index in [1.54, 1.807) is 24.3 Å². The Morgan fingerprint density at radius 1 is 1.19 bits per heavy atom. The summed E-state index contributed by atoms with van der Waals surface area (Å²) >= 11 is 0. The van der Waals surface area contributed by atoms with Crippen LogP contribution in [0, 0.1) is 25.2 Å². The van der Waals surface area contributed by atoms with Crippen molar-refractivity contribution in [1.29, 1.82) is 5.26 Å². The second-order valence-corrected chi connectivity index (χ2v) is 5.92. The van der Waals surface area contributed by atoms with Crippen LogP contribution in [0.25, 0.3) is 0 Å². The molecule has 0 aliphatic rings. The van der Waals surface area contributed by atoms with Crippen molar-refractivity contribution in [3.05, 3.63) is 52.8 Å². The molecule has 0 saturated carbocycles. The number of aryl methyl sites for hydroxylation is 1. The van der Waals surface area contributed by atoms with E-state index < -0.39 is 5.97 Å². The zero-order valence-electron chi connectivity index (χ0n) is 15.2. The lowest BCUT2D eigenvalue weighted by Crippen LogP contribution is -2.20. The van der Waals surface area contributed by atoms with Crippen molar-refractivity contribution in [3.8, 4) is 11.8 Å². The molecule has 0 amide bonds. The fourth-order valence-corrected chi connectivity index (χ4v) is 2.74. The smallest absolute Gasteiger partial charge is 0.344 e. The Morgan fingerprint density at radius 3 is 2.62 bits per heavy atom. The quantitative estimate of drug-likeness (QED) is 0.537. The lowest BCUT2D eigenvalue weighted by molar-refractivity contribution is -0.144. The second-order valence-electron chi connectivity index (χ2n) is 5.92. The summed E-state index contributed by atoms with van der Waals surface area (Å²) < 4.78 is 12.4. The molecule has 1 heterocycles. The molecule has 6 nitrogen and oxygen atoms in total. The third-order valence-electron chi connectivity index (χ3n) is 4.04. The first-order valence-electron chi connectivity index (χ1n) is 8.45. The normalized spacial score (nSPS) is 10.2. The topological polar surface area (TPSA) is 81.3 Å². The van der Waals surface area contributed by atoms with E-state index in [1.807, 2.05) is 26.0 Å². The fourth-order valence-electron chi connectivity index (χ4n) is 2.74. The van der Waals surface area contributed by atoms with Crippen LogP contribution in [-0.2, 0) is 16.1 Å². The number of para-hydroxylation sites is 1. The van der Waals surface area contributed by atoms with E-state index in [0.29, 0.717) is 16.9 Å². The van der Waals surface area contributed by atoms with Gasteiger partial charge in [-0.05, 0) is 38.5 Å². The molecular weight excluding hydrogens is 332 g/mol. The van der Waals surface area contributed by atoms with Crippen molar-refractivity contribution in [1.82, 2.24) is 4.57 Å². The monoisotopic (exact) mass is 354 g/mol. The Morgan fingerprint density at radius 2 is 1.92 bits per heavy atom. The minimum Gasteiger partial charge on any atom is -0.481 e. The fraction of sp³-hybridized carbons (Fsp3) is 0.350. The van der Waals surface area contributed by atoms with E-state index in [4.69, 9.17) is 14.7 Å². The Kier molecular flexibility index (Phi) is 6.56. The molecule has 0 N–H and O–H groups in total. The van der Waals surface area contributed by atoms with Gasteiger partial charge in [0.15, 0.2) is 13.2 Å². The summed E-state index contributed by atoms with van der Waals surface area (Å²) in [6.07, 6.45) is 0.973. The summed E-state index contributed by atoms with van der Waals surface area (Å²) in [4.78, 5) is 24.2. The number of carbonyl (C=O) groups excluding carboxylic acids is 2. The molecule has 0 bridgehead atoms. The summed E-state index contributed by atoms with van der Waals surface area (Å²) in [5.41, 5.74) is 2.79. The number of nitriles is 1. The molecule has 0 unspecified atom stereocenters. The van der Waals surface area contributed by atoms with E-state index in [-0.39, 0.29) is 19.0 Å². The van der Waals surface area contributed by atoms with Crippen molar-refractivity contribution < 1.29 is 19.1 Å². The SMILES string of the molecule is CCCn1c(C)cc(C(=O)COC(=O)COc2ccccc2C#N)c1C. The number of hydrogen-bond acceptors (Lipinski definition) is 5. The minimum atomic E-state index is -0.659. The number of nitrogens with zero attached hydrogens (tertiary/aromatic N) is 2. The van der Waals surface area contributed by atoms with Gasteiger partial charge in [-0.25, -0.2) is 4.79 Å². The van der Waals surface area contributed by atoms with Gasteiger partial charge in [0, 0.05) is 23.5 Å². The predicted octanol–water partition coefficient (Wildman–Crippen LogP) is 3.19. The highest BCUT2D eigenvalue weighted by atomic mass is 16.6. The number of rotatable bonds is 8. The Hall–Kier alpha value is -3.07. The van der Waals surface area contributed by atoms with Crippen molar-refractivity contribution in [2.24, 2.45) is 0 Å². The van der Waals surface area contributed by atoms with E-state index in [1.165, 1.54) is 0 Å². The molecule has 1 aromatic carbocycles. The van der Waals surface area contributed by atoms with Crippen molar-refractivity contribution in [2.75, 3.05) is 13.2 Å². The summed E-state index contributed by atoms with van der Waals surface area (Å²) in [6, 6.07) is 10.4. The van der Waals surface area contributed by atoms with Crippen LogP contribution in [0.1, 0.15) is 40.7 Å². The number of ether oxygens (including phenoxy) is 2. The zero-order chi connectivity index (χ0) is 19.1. The van der Waals surface area contributed by atoms with Crippen LogP contribution in [0.5, 0.6) is 5.75 Å². The first-order chi connectivity index (χ1) is 12.5. The molecule has 0 spiro atoms. The van der Waals surface area contributed by atoms with Gasteiger partial charge < -0.3 is 14.0 Å². The standard InChI is InChI=1S/C20H22N2O4/c1-4-9-22-14(2)10-17(15(22)3)18(23)12-26-20(24)13-25-19-8-6-5-7-16(19)11-21/h5-8,10H,4,9,12-13H2,1-3H3. The zero-order valence-corrected chi connectivity index (χ0v) is 15.2. The number of carbonyl (C=O) groups is 2. The molecule has 136 valence electrons. The Bertz CT molecular complexity index is 846. The van der Waals surface area contributed by atoms with E-state index in [9.17, 15) is 9.59 Å². The highest BCUT2D eigenvalue weighted by molar-refractivity contribution is 5.99.